The SMILES string of the molecule is CC.CC.CC.CC.CC.CC.CC.CC.CC.CC.CC.Cc1c(C)c2cnc[n+](C)c2c2c(C)cccc12.Cc1cc2c(cc1-c1ncnc[n+]1C)oc1ccccc12.Cc1cc2c(cc1-c1ncnc[n+]1C)sc1ccccc12.Cc1cc2c3ccccc3n(C)c2cc1-c1ncnc[n+]1C. The molecule has 7 aromatic heterocycles. The van der Waals surface area contributed by atoms with Crippen LogP contribution in [0.4, 0.5) is 0 Å². The minimum absolute atomic E-state index is 0.879. The summed E-state index contributed by atoms with van der Waals surface area (Å²) in [6.07, 6.45) is 13.9. The maximum Gasteiger partial charge on any atom is 0.286 e. The largest absolute Gasteiger partial charge is 0.456 e. The van der Waals surface area contributed by atoms with Gasteiger partial charge in [-0.15, -0.1) is 11.3 Å². The van der Waals surface area contributed by atoms with Crippen molar-refractivity contribution < 1.29 is 22.7 Å². The van der Waals surface area contributed by atoms with Crippen LogP contribution in [0.15, 0.2) is 182 Å². The van der Waals surface area contributed by atoms with Crippen LogP contribution < -0.4 is 18.3 Å². The third-order valence-electron chi connectivity index (χ3n) is 15.8. The van der Waals surface area contributed by atoms with E-state index in [4.69, 9.17) is 4.42 Å². The van der Waals surface area contributed by atoms with Gasteiger partial charge in [-0.1, -0.05) is 260 Å². The molecule has 0 aliphatic carbocycles. The average molecular weight is 1430 g/mol. The highest BCUT2D eigenvalue weighted by Gasteiger charge is 2.21. The zero-order valence-electron chi connectivity index (χ0n) is 69.9. The molecule has 0 saturated carbocycles. The summed E-state index contributed by atoms with van der Waals surface area (Å²) in [6.45, 7) is 56.9. The fourth-order valence-electron chi connectivity index (χ4n) is 11.5. The molecule has 7 heterocycles. The molecule has 8 aromatic carbocycles. The number of rotatable bonds is 3. The molecule has 14 heteroatoms. The zero-order chi connectivity index (χ0) is 78.9. The summed E-state index contributed by atoms with van der Waals surface area (Å²) in [5.41, 5.74) is 16.5. The molecule has 0 radical (unpaired) electrons. The molecule has 0 saturated heterocycles. The number of hydrogen-bond acceptors (Lipinski definition) is 9. The highest BCUT2D eigenvalue weighted by Crippen LogP contribution is 2.38. The predicted molar refractivity (Wildman–Crippen MR) is 454 cm³/mol. The quantitative estimate of drug-likeness (QED) is 0.127. The van der Waals surface area contributed by atoms with Crippen LogP contribution in [0.5, 0.6) is 0 Å². The van der Waals surface area contributed by atoms with Gasteiger partial charge in [0.1, 0.15) is 16.7 Å². The lowest BCUT2D eigenvalue weighted by molar-refractivity contribution is -0.666. The first kappa shape index (κ1) is 92.2. The summed E-state index contributed by atoms with van der Waals surface area (Å²) >= 11 is 1.83. The second kappa shape index (κ2) is 49.0. The molecule has 0 spiro atoms. The lowest BCUT2D eigenvalue weighted by Crippen LogP contribution is -2.32. The fraction of sp³-hybridized carbons (Fsp3) is 0.367. The molecule has 0 aliphatic rings. The molecular formula is C90H128N12OS+4. The van der Waals surface area contributed by atoms with Crippen LogP contribution in [0.3, 0.4) is 0 Å². The molecule has 0 bridgehead atoms. The van der Waals surface area contributed by atoms with Crippen LogP contribution >= 0.6 is 11.3 Å². The van der Waals surface area contributed by atoms with Crippen LogP contribution in [-0.4, -0.2) is 39.5 Å². The zero-order valence-corrected chi connectivity index (χ0v) is 70.7. The van der Waals surface area contributed by atoms with E-state index in [9.17, 15) is 0 Å². The third kappa shape index (κ3) is 21.7. The topological polar surface area (TPSA) is 124 Å². The van der Waals surface area contributed by atoms with Crippen LogP contribution in [0, 0.1) is 41.5 Å². The van der Waals surface area contributed by atoms with Gasteiger partial charge in [-0.25, -0.2) is 18.3 Å². The van der Waals surface area contributed by atoms with E-state index in [1.54, 1.807) is 38.0 Å². The monoisotopic (exact) mass is 1430 g/mol. The molecular weight excluding hydrogens is 1300 g/mol. The first-order valence-corrected chi connectivity index (χ1v) is 39.0. The number of aromatic nitrogens is 12. The Morgan fingerprint density at radius 1 is 0.327 bits per heavy atom. The standard InChI is InChI=1S/C18H17N4.C17H14N3O.C17H14N3S.C16H17N2.11C2H6/c1-12-8-15-13-6-4-5-7-16(13)22(3)17(15)9-14(12)18-20-10-19-11-21(18)2;2*1-11-7-14-12-5-3-4-6-15(12)21-16(14)8-13(11)17-19-9-18-10-20(17)2;1-10-6-5-7-13-11(2)12(3)14-8-17-9-18(4)16(14)15(10)13;11*1-2/h4-11H,1-3H3;2*3-10H,1-2H3;5-9H,1-4H3;11*1-2H3/q4*+1;;;;;;;;;;;. The number of benzene rings is 8. The Labute approximate surface area is 629 Å². The van der Waals surface area contributed by atoms with E-state index < -0.39 is 0 Å². The third-order valence-corrected chi connectivity index (χ3v) is 17.0. The Kier molecular flexibility index (Phi) is 43.4. The molecule has 0 aliphatic heterocycles. The molecule has 15 rings (SSSR count). The summed E-state index contributed by atoms with van der Waals surface area (Å²) in [5, 5.41) is 11.5. The summed E-state index contributed by atoms with van der Waals surface area (Å²) in [6, 6.07) is 44.9. The van der Waals surface area contributed by atoms with Gasteiger partial charge < -0.3 is 8.98 Å². The summed E-state index contributed by atoms with van der Waals surface area (Å²) in [7, 11) is 10.1. The number of fused-ring (bicyclic) bond motifs is 12. The second-order valence-electron chi connectivity index (χ2n) is 21.1. The van der Waals surface area contributed by atoms with Crippen molar-refractivity contribution in [2.24, 2.45) is 35.2 Å². The minimum Gasteiger partial charge on any atom is -0.456 e. The van der Waals surface area contributed by atoms with Crippen LogP contribution in [-0.2, 0) is 35.2 Å². The highest BCUT2D eigenvalue weighted by molar-refractivity contribution is 7.25. The molecule has 15 aromatic rings. The van der Waals surface area contributed by atoms with Gasteiger partial charge in [0.15, 0.2) is 6.20 Å². The van der Waals surface area contributed by atoms with Crippen molar-refractivity contribution in [3.05, 3.63) is 211 Å². The fourth-order valence-corrected chi connectivity index (χ4v) is 12.6. The maximum absolute atomic E-state index is 5.96. The molecule has 0 atom stereocenters. The highest BCUT2D eigenvalue weighted by atomic mass is 32.1. The number of para-hydroxylation sites is 2. The van der Waals surface area contributed by atoms with Crippen molar-refractivity contribution in [1.82, 2.24) is 39.5 Å². The van der Waals surface area contributed by atoms with Crippen molar-refractivity contribution in [2.45, 2.75) is 194 Å². The van der Waals surface area contributed by atoms with Gasteiger partial charge in [0, 0.05) is 65.2 Å². The lowest BCUT2D eigenvalue weighted by Gasteiger charge is -2.12. The maximum atomic E-state index is 5.96. The van der Waals surface area contributed by atoms with Gasteiger partial charge in [0.25, 0.3) is 42.8 Å². The van der Waals surface area contributed by atoms with Crippen molar-refractivity contribution in [1.29, 1.82) is 0 Å². The first-order valence-electron chi connectivity index (χ1n) is 38.2. The summed E-state index contributed by atoms with van der Waals surface area (Å²) < 4.78 is 18.8. The number of nitrogens with zero attached hydrogens (tertiary/aromatic N) is 12. The Bertz CT molecular complexity index is 4760. The predicted octanol–water partition coefficient (Wildman–Crippen LogP) is 24.2. The van der Waals surface area contributed by atoms with E-state index in [0.29, 0.717) is 0 Å². The van der Waals surface area contributed by atoms with Crippen LogP contribution in [0.1, 0.15) is 186 Å². The summed E-state index contributed by atoms with van der Waals surface area (Å²) in [4.78, 5) is 29.7. The van der Waals surface area contributed by atoms with Gasteiger partial charge in [0.2, 0.25) is 19.0 Å². The number of thiophene rings is 1. The van der Waals surface area contributed by atoms with Crippen molar-refractivity contribution >= 4 is 96.9 Å². The Balaban J connectivity index is 0.000000636. The molecule has 13 nitrogen and oxygen atoms in total. The average Bonchev–Trinajstić information content (AvgIpc) is 1.03. The Morgan fingerprint density at radius 3 is 1.26 bits per heavy atom. The molecule has 0 fully saturated rings. The van der Waals surface area contributed by atoms with Crippen LogP contribution in [0.25, 0.3) is 120 Å². The van der Waals surface area contributed by atoms with E-state index >= 15 is 0 Å². The second-order valence-corrected chi connectivity index (χ2v) is 22.2. The van der Waals surface area contributed by atoms with Crippen LogP contribution in [0.2, 0.25) is 0 Å². The Morgan fingerprint density at radius 2 is 0.740 bits per heavy atom. The van der Waals surface area contributed by atoms with E-state index in [0.717, 1.165) is 50.5 Å². The Hall–Kier alpha value is -9.79. The molecule has 556 valence electrons. The molecule has 0 amide bonds. The van der Waals surface area contributed by atoms with Gasteiger partial charge in [-0.3, -0.25) is 0 Å². The number of furan rings is 1. The van der Waals surface area contributed by atoms with Crippen molar-refractivity contribution in [2.75, 3.05) is 0 Å². The van der Waals surface area contributed by atoms with Gasteiger partial charge in [0.05, 0.1) is 50.3 Å². The van der Waals surface area contributed by atoms with Crippen molar-refractivity contribution in [3.63, 3.8) is 0 Å². The van der Waals surface area contributed by atoms with Gasteiger partial charge in [-0.05, 0) is 135 Å². The smallest absolute Gasteiger partial charge is 0.286 e. The lowest BCUT2D eigenvalue weighted by atomic mass is 9.94. The van der Waals surface area contributed by atoms with E-state index in [1.165, 1.54) is 103 Å². The molecule has 0 unspecified atom stereocenters. The van der Waals surface area contributed by atoms with Gasteiger partial charge >= 0.3 is 0 Å². The van der Waals surface area contributed by atoms with Crippen molar-refractivity contribution in [3.8, 4) is 34.2 Å². The normalized spacial score (nSPS) is 9.59. The first-order chi connectivity index (χ1) is 50.7. The van der Waals surface area contributed by atoms with E-state index in [2.05, 4.69) is 209 Å². The van der Waals surface area contributed by atoms with E-state index in [1.807, 2.05) is 229 Å². The summed E-state index contributed by atoms with van der Waals surface area (Å²) in [5.74, 6) is 2.76. The molecule has 0 N–H and O–H groups in total. The molecule has 104 heavy (non-hydrogen) atoms. The van der Waals surface area contributed by atoms with E-state index in [-0.39, 0.29) is 0 Å². The number of hydrogen-bond donors (Lipinski definition) is 0. The van der Waals surface area contributed by atoms with Gasteiger partial charge in [-0.2, -0.15) is 0 Å². The number of aryl methyl sites for hydroxylation is 11. The minimum atomic E-state index is 0.879.